The number of hydrogen-bond acceptors (Lipinski definition) is 8. The van der Waals surface area contributed by atoms with Crippen LogP contribution in [0, 0.1) is 0 Å². The van der Waals surface area contributed by atoms with E-state index in [2.05, 4.69) is 20.3 Å². The van der Waals surface area contributed by atoms with E-state index >= 15 is 0 Å². The topological polar surface area (TPSA) is 143 Å². The number of nitrogens with zero attached hydrogens (tertiary/aromatic N) is 4. The number of carbonyl (C=O) groups excluding carboxylic acids is 1. The second-order valence-corrected chi connectivity index (χ2v) is 5.68. The highest BCUT2D eigenvalue weighted by molar-refractivity contribution is 6.33. The smallest absolute Gasteiger partial charge is 0.232 e. The molecule has 0 saturated carbocycles. The lowest BCUT2D eigenvalue weighted by Gasteiger charge is -2.27. The van der Waals surface area contributed by atoms with Crippen LogP contribution in [0.4, 0.5) is 5.95 Å². The highest BCUT2D eigenvalue weighted by Crippen LogP contribution is 2.39. The third-order valence-electron chi connectivity index (χ3n) is 3.58. The van der Waals surface area contributed by atoms with Gasteiger partial charge in [-0.25, -0.2) is 4.98 Å². The molecule has 2 aromatic rings. The van der Waals surface area contributed by atoms with Gasteiger partial charge in [0.25, 0.3) is 0 Å². The normalized spacial score (nSPS) is 32.4. The summed E-state index contributed by atoms with van der Waals surface area (Å²) in [6, 6.07) is 0. The van der Waals surface area contributed by atoms with Crippen LogP contribution in [0.5, 0.6) is 0 Å². The van der Waals surface area contributed by atoms with E-state index in [9.17, 15) is 20.1 Å². The fraction of sp³-hybridized carbons (Fsp3) is 0.538. The Labute approximate surface area is 145 Å². The zero-order chi connectivity index (χ0) is 20.1. The number of imidazole rings is 1. The molecule has 1 aliphatic heterocycles. The van der Waals surface area contributed by atoms with Crippen LogP contribution in [0.25, 0.3) is 11.2 Å². The molecule has 1 amide bonds. The summed E-state index contributed by atoms with van der Waals surface area (Å²) >= 11 is 6.03. The summed E-state index contributed by atoms with van der Waals surface area (Å²) in [4.78, 5) is 23.1. The maximum absolute atomic E-state index is 11.2. The van der Waals surface area contributed by atoms with E-state index in [1.807, 2.05) is 0 Å². The molecule has 1 saturated heterocycles. The van der Waals surface area contributed by atoms with Gasteiger partial charge in [0.15, 0.2) is 17.0 Å². The number of fused-ring (bicyclic) bond motifs is 1. The van der Waals surface area contributed by atoms with E-state index in [0.29, 0.717) is 0 Å². The number of aromatic nitrogens is 4. The minimum atomic E-state index is -3.07. The number of aliphatic hydroxyl groups excluding tert-OH is 2. The number of ether oxygens (including phenoxy) is 1. The molecule has 4 atom stereocenters. The molecule has 3 rings (SSSR count). The number of hydrogen-bond donors (Lipinski definition) is 4. The first-order chi connectivity index (χ1) is 12.5. The van der Waals surface area contributed by atoms with Gasteiger partial charge in [0, 0.05) is 11.0 Å². The SMILES string of the molecule is [2H]C([2H])([2H])[C@]1(O)[C@H](O)[C@@H](CO)O[C@H]1n1cnc2c(Cl)nc(NC(C)=O)nc21. The maximum atomic E-state index is 11.2. The van der Waals surface area contributed by atoms with Gasteiger partial charge in [0.1, 0.15) is 23.3 Å². The van der Waals surface area contributed by atoms with Crippen molar-refractivity contribution in [3.8, 4) is 0 Å². The Hall–Kier alpha value is -1.85. The predicted octanol–water partition coefficient (Wildman–Crippen LogP) is -0.560. The van der Waals surface area contributed by atoms with Crippen molar-refractivity contribution in [2.24, 2.45) is 0 Å². The zero-order valence-corrected chi connectivity index (χ0v) is 13.1. The lowest BCUT2D eigenvalue weighted by Crippen LogP contribution is -2.44. The van der Waals surface area contributed by atoms with Crippen LogP contribution in [0.15, 0.2) is 6.33 Å². The van der Waals surface area contributed by atoms with Crippen molar-refractivity contribution < 1.29 is 29.0 Å². The maximum Gasteiger partial charge on any atom is 0.232 e. The van der Waals surface area contributed by atoms with E-state index in [1.165, 1.54) is 6.92 Å². The summed E-state index contributed by atoms with van der Waals surface area (Å²) in [5.74, 6) is -0.639. The fourth-order valence-corrected chi connectivity index (χ4v) is 2.67. The minimum absolute atomic E-state index is 0.0442. The number of carbonyl (C=O) groups is 1. The first kappa shape index (κ1) is 13.4. The van der Waals surface area contributed by atoms with E-state index in [0.717, 1.165) is 10.9 Å². The number of amides is 1. The Bertz CT molecular complexity index is 893. The molecule has 0 aromatic carbocycles. The third kappa shape index (κ3) is 2.62. The van der Waals surface area contributed by atoms with Gasteiger partial charge in [-0.1, -0.05) is 11.6 Å². The molecule has 0 spiro atoms. The lowest BCUT2D eigenvalue weighted by molar-refractivity contribution is -0.114. The Morgan fingerprint density at radius 2 is 2.38 bits per heavy atom. The average molecular weight is 361 g/mol. The molecule has 0 bridgehead atoms. The number of anilines is 1. The van der Waals surface area contributed by atoms with Gasteiger partial charge >= 0.3 is 0 Å². The molecule has 3 heterocycles. The van der Waals surface area contributed by atoms with Gasteiger partial charge in [-0.05, 0) is 6.85 Å². The molecule has 130 valence electrons. The van der Waals surface area contributed by atoms with E-state index in [1.54, 1.807) is 0 Å². The lowest BCUT2D eigenvalue weighted by atomic mass is 9.96. The molecule has 1 fully saturated rings. The highest BCUT2D eigenvalue weighted by atomic mass is 35.5. The Morgan fingerprint density at radius 3 is 3.00 bits per heavy atom. The van der Waals surface area contributed by atoms with Crippen LogP contribution < -0.4 is 5.32 Å². The highest BCUT2D eigenvalue weighted by Gasteiger charge is 2.53. The van der Waals surface area contributed by atoms with E-state index < -0.39 is 43.4 Å². The van der Waals surface area contributed by atoms with Crippen LogP contribution in [-0.2, 0) is 9.53 Å². The Kier molecular flexibility index (Phi) is 3.30. The molecule has 2 aromatic heterocycles. The number of aliphatic hydroxyl groups is 3. The van der Waals surface area contributed by atoms with Crippen LogP contribution in [-0.4, -0.2) is 65.2 Å². The Balaban J connectivity index is 2.18. The van der Waals surface area contributed by atoms with Gasteiger partial charge in [-0.15, -0.1) is 0 Å². The van der Waals surface area contributed by atoms with Crippen molar-refractivity contribution in [3.63, 3.8) is 0 Å². The van der Waals surface area contributed by atoms with Crippen molar-refractivity contribution >= 4 is 34.6 Å². The number of halogens is 1. The summed E-state index contributed by atoms with van der Waals surface area (Å²) in [6.45, 7) is -2.57. The monoisotopic (exact) mass is 360 g/mol. The fourth-order valence-electron chi connectivity index (χ4n) is 2.46. The Morgan fingerprint density at radius 1 is 1.62 bits per heavy atom. The first-order valence-corrected chi connectivity index (χ1v) is 7.23. The van der Waals surface area contributed by atoms with Gasteiger partial charge in [-0.3, -0.25) is 14.7 Å². The van der Waals surface area contributed by atoms with Gasteiger partial charge < -0.3 is 20.1 Å². The average Bonchev–Trinajstić information content (AvgIpc) is 3.07. The molecule has 0 radical (unpaired) electrons. The molecule has 0 unspecified atom stereocenters. The largest absolute Gasteiger partial charge is 0.394 e. The molecule has 24 heavy (non-hydrogen) atoms. The van der Waals surface area contributed by atoms with Crippen molar-refractivity contribution in [1.82, 2.24) is 19.5 Å². The standard InChI is InChI=1S/C13H16ClN5O5/c1-5(21)16-12-17-9(14)7-10(18-12)19(4-15-7)11-13(2,23)8(22)6(3-20)24-11/h4,6,8,11,20,22-23H,3H2,1-2H3,(H,16,17,18,21)/t6-,8-,11-,13+/m1/s1/i2D3. The second-order valence-electron chi connectivity index (χ2n) is 5.32. The molecule has 0 aliphatic carbocycles. The predicted molar refractivity (Wildman–Crippen MR) is 82.3 cm³/mol. The molecule has 10 nitrogen and oxygen atoms in total. The first-order valence-electron chi connectivity index (χ1n) is 8.35. The quantitative estimate of drug-likeness (QED) is 0.533. The van der Waals surface area contributed by atoms with Gasteiger partial charge in [0.05, 0.1) is 12.9 Å². The molecular formula is C13H16ClN5O5. The molecule has 11 heteroatoms. The van der Waals surface area contributed by atoms with Gasteiger partial charge in [-0.2, -0.15) is 9.97 Å². The van der Waals surface area contributed by atoms with Crippen molar-refractivity contribution in [1.29, 1.82) is 0 Å². The van der Waals surface area contributed by atoms with E-state index in [4.69, 9.17) is 20.5 Å². The summed E-state index contributed by atoms with van der Waals surface area (Å²) in [5.41, 5.74) is -2.75. The van der Waals surface area contributed by atoms with Crippen molar-refractivity contribution in [2.45, 2.75) is 37.8 Å². The van der Waals surface area contributed by atoms with Crippen LogP contribution in [0.1, 0.15) is 24.1 Å². The second kappa shape index (κ2) is 5.90. The number of rotatable bonds is 3. The van der Waals surface area contributed by atoms with Crippen LogP contribution in [0.3, 0.4) is 0 Å². The summed E-state index contributed by atoms with van der Waals surface area (Å²) in [7, 11) is 0. The summed E-state index contributed by atoms with van der Waals surface area (Å²) in [6.07, 6.45) is -3.83. The van der Waals surface area contributed by atoms with Crippen molar-refractivity contribution in [3.05, 3.63) is 11.5 Å². The molecule has 4 N–H and O–H groups in total. The summed E-state index contributed by atoms with van der Waals surface area (Å²) in [5, 5.41) is 32.7. The van der Waals surface area contributed by atoms with Gasteiger partial charge in [0.2, 0.25) is 11.9 Å². The molecule has 1 aliphatic rings. The van der Waals surface area contributed by atoms with Crippen LogP contribution in [0.2, 0.25) is 5.15 Å². The summed E-state index contributed by atoms with van der Waals surface area (Å²) < 4.78 is 29.4. The van der Waals surface area contributed by atoms with Crippen LogP contribution >= 0.6 is 11.6 Å². The minimum Gasteiger partial charge on any atom is -0.394 e. The number of nitrogens with one attached hydrogen (secondary N) is 1. The van der Waals surface area contributed by atoms with Crippen molar-refractivity contribution in [2.75, 3.05) is 11.9 Å². The third-order valence-corrected chi connectivity index (χ3v) is 3.85. The zero-order valence-electron chi connectivity index (χ0n) is 15.3. The molecular weight excluding hydrogens is 342 g/mol. The van der Waals surface area contributed by atoms with E-state index in [-0.39, 0.29) is 22.3 Å².